The number of nitrogens with zero attached hydrogens (tertiary/aromatic N) is 3. The molecule has 29 heavy (non-hydrogen) atoms. The molecule has 3 heterocycles. The Morgan fingerprint density at radius 2 is 1.90 bits per heavy atom. The summed E-state index contributed by atoms with van der Waals surface area (Å²) in [6.07, 6.45) is 1.64. The number of pyridine rings is 1. The quantitative estimate of drug-likeness (QED) is 0.799. The van der Waals surface area contributed by atoms with Gasteiger partial charge in [0.25, 0.3) is 5.91 Å². The van der Waals surface area contributed by atoms with Crippen molar-refractivity contribution in [1.29, 1.82) is 0 Å². The van der Waals surface area contributed by atoms with Crippen LogP contribution < -0.4 is 10.2 Å². The maximum atomic E-state index is 12.5. The Labute approximate surface area is 171 Å². The molecule has 1 N–H and O–H groups in total. The van der Waals surface area contributed by atoms with Gasteiger partial charge in [0.1, 0.15) is 5.82 Å². The topological polar surface area (TPSA) is 66.9 Å². The zero-order valence-electron chi connectivity index (χ0n) is 16.6. The maximum Gasteiger partial charge on any atom is 0.252 e. The first-order valence-electron chi connectivity index (χ1n) is 10.2. The van der Waals surface area contributed by atoms with E-state index in [1.807, 2.05) is 18.2 Å². The van der Waals surface area contributed by atoms with Gasteiger partial charge in [-0.2, -0.15) is 0 Å². The summed E-state index contributed by atoms with van der Waals surface area (Å²) in [6.45, 7) is 6.89. The third kappa shape index (κ3) is 5.53. The second kappa shape index (κ2) is 9.82. The van der Waals surface area contributed by atoms with Gasteiger partial charge < -0.3 is 19.7 Å². The molecule has 0 radical (unpaired) electrons. The van der Waals surface area contributed by atoms with Crippen LogP contribution in [0.15, 0.2) is 48.7 Å². The number of rotatable bonds is 6. The van der Waals surface area contributed by atoms with Crippen molar-refractivity contribution in [1.82, 2.24) is 15.2 Å². The summed E-state index contributed by atoms with van der Waals surface area (Å²) in [4.78, 5) is 21.5. The standard InChI is InChI=1S/C22H28N4O3/c27-22(19-6-7-21(23-14-19)26-9-11-28-12-10-26)24-15-20-17-25(8-13-29-20)16-18-4-2-1-3-5-18/h1-7,14,20H,8-13,15-17H2,(H,24,27)/t20-/m1/s1. The van der Waals surface area contributed by atoms with Gasteiger partial charge in [0.15, 0.2) is 0 Å². The Hall–Kier alpha value is -2.48. The van der Waals surface area contributed by atoms with Crippen LogP contribution in [-0.4, -0.2) is 74.4 Å². The van der Waals surface area contributed by atoms with Gasteiger partial charge in [-0.15, -0.1) is 0 Å². The van der Waals surface area contributed by atoms with Crippen molar-refractivity contribution in [3.63, 3.8) is 0 Å². The van der Waals surface area contributed by atoms with Gasteiger partial charge in [-0.3, -0.25) is 9.69 Å². The first-order chi connectivity index (χ1) is 14.3. The number of hydrogen-bond donors (Lipinski definition) is 1. The van der Waals surface area contributed by atoms with Gasteiger partial charge in [-0.05, 0) is 17.7 Å². The number of morpholine rings is 2. The van der Waals surface area contributed by atoms with Crippen LogP contribution >= 0.6 is 0 Å². The predicted octanol–water partition coefficient (Wildman–Crippen LogP) is 1.55. The van der Waals surface area contributed by atoms with E-state index in [0.29, 0.717) is 31.9 Å². The molecule has 2 aromatic rings. The Balaban J connectivity index is 1.25. The highest BCUT2D eigenvalue weighted by molar-refractivity contribution is 5.94. The SMILES string of the molecule is O=C(NC[C@@H]1CN(Cc2ccccc2)CCO1)c1ccc(N2CCOCC2)nc1. The van der Waals surface area contributed by atoms with Crippen LogP contribution in [-0.2, 0) is 16.0 Å². The molecule has 1 atom stereocenters. The van der Waals surface area contributed by atoms with Crippen LogP contribution in [0.5, 0.6) is 0 Å². The summed E-state index contributed by atoms with van der Waals surface area (Å²) in [6, 6.07) is 14.2. The highest BCUT2D eigenvalue weighted by Crippen LogP contribution is 2.14. The smallest absolute Gasteiger partial charge is 0.252 e. The highest BCUT2D eigenvalue weighted by Gasteiger charge is 2.21. The number of aromatic nitrogens is 1. The number of hydrogen-bond acceptors (Lipinski definition) is 6. The van der Waals surface area contributed by atoms with Gasteiger partial charge in [-0.1, -0.05) is 30.3 Å². The number of ether oxygens (including phenoxy) is 2. The van der Waals surface area contributed by atoms with Crippen molar-refractivity contribution in [2.24, 2.45) is 0 Å². The molecule has 2 fully saturated rings. The lowest BCUT2D eigenvalue weighted by Gasteiger charge is -2.33. The second-order valence-corrected chi connectivity index (χ2v) is 7.43. The van der Waals surface area contributed by atoms with Crippen LogP contribution in [0.2, 0.25) is 0 Å². The molecule has 2 aliphatic rings. The maximum absolute atomic E-state index is 12.5. The normalized spacial score (nSPS) is 20.4. The number of carbonyl (C=O) groups excluding carboxylic acids is 1. The van der Waals surface area contributed by atoms with Crippen molar-refractivity contribution in [3.05, 3.63) is 59.8 Å². The van der Waals surface area contributed by atoms with E-state index in [1.165, 1.54) is 5.56 Å². The average Bonchev–Trinajstić information content (AvgIpc) is 2.79. The van der Waals surface area contributed by atoms with Crippen molar-refractivity contribution < 1.29 is 14.3 Å². The average molecular weight is 396 g/mol. The predicted molar refractivity (Wildman–Crippen MR) is 111 cm³/mol. The van der Waals surface area contributed by atoms with Crippen molar-refractivity contribution in [3.8, 4) is 0 Å². The van der Waals surface area contributed by atoms with E-state index in [4.69, 9.17) is 9.47 Å². The molecular formula is C22H28N4O3. The van der Waals surface area contributed by atoms with Crippen LogP contribution in [0, 0.1) is 0 Å². The van der Waals surface area contributed by atoms with Gasteiger partial charge in [0, 0.05) is 45.5 Å². The summed E-state index contributed by atoms with van der Waals surface area (Å²) in [5, 5.41) is 2.99. The Morgan fingerprint density at radius 3 is 2.66 bits per heavy atom. The summed E-state index contributed by atoms with van der Waals surface area (Å²) in [7, 11) is 0. The molecule has 0 saturated carbocycles. The minimum absolute atomic E-state index is 0.00278. The van der Waals surface area contributed by atoms with Crippen LogP contribution in [0.1, 0.15) is 15.9 Å². The van der Waals surface area contributed by atoms with E-state index >= 15 is 0 Å². The lowest BCUT2D eigenvalue weighted by molar-refractivity contribution is -0.0292. The van der Waals surface area contributed by atoms with Crippen molar-refractivity contribution in [2.75, 3.05) is 57.4 Å². The molecule has 1 aromatic heterocycles. The van der Waals surface area contributed by atoms with Crippen LogP contribution in [0.3, 0.4) is 0 Å². The monoisotopic (exact) mass is 396 g/mol. The molecule has 0 unspecified atom stereocenters. The Morgan fingerprint density at radius 1 is 1.07 bits per heavy atom. The third-order valence-electron chi connectivity index (χ3n) is 5.31. The van der Waals surface area contributed by atoms with Gasteiger partial charge in [0.05, 0.1) is 31.5 Å². The van der Waals surface area contributed by atoms with Gasteiger partial charge in [0.2, 0.25) is 0 Å². The lowest BCUT2D eigenvalue weighted by atomic mass is 10.2. The Kier molecular flexibility index (Phi) is 6.71. The van der Waals surface area contributed by atoms with E-state index in [2.05, 4.69) is 44.4 Å². The van der Waals surface area contributed by atoms with Gasteiger partial charge >= 0.3 is 0 Å². The van der Waals surface area contributed by atoms with Crippen molar-refractivity contribution >= 4 is 11.7 Å². The first kappa shape index (κ1) is 19.8. The lowest BCUT2D eigenvalue weighted by Crippen LogP contribution is -2.47. The van der Waals surface area contributed by atoms with Crippen molar-refractivity contribution in [2.45, 2.75) is 12.6 Å². The van der Waals surface area contributed by atoms with E-state index in [1.54, 1.807) is 6.20 Å². The van der Waals surface area contributed by atoms with E-state index in [0.717, 1.165) is 38.5 Å². The number of amides is 1. The van der Waals surface area contributed by atoms with Crippen LogP contribution in [0.4, 0.5) is 5.82 Å². The minimum atomic E-state index is -0.116. The van der Waals surface area contributed by atoms with E-state index in [-0.39, 0.29) is 12.0 Å². The number of anilines is 1. The fraction of sp³-hybridized carbons (Fsp3) is 0.455. The van der Waals surface area contributed by atoms with E-state index < -0.39 is 0 Å². The molecule has 1 aromatic carbocycles. The third-order valence-corrected chi connectivity index (χ3v) is 5.31. The number of nitrogens with one attached hydrogen (secondary N) is 1. The van der Waals surface area contributed by atoms with E-state index in [9.17, 15) is 4.79 Å². The summed E-state index contributed by atoms with van der Waals surface area (Å²) >= 11 is 0. The number of carbonyl (C=O) groups is 1. The molecule has 0 spiro atoms. The summed E-state index contributed by atoms with van der Waals surface area (Å²) in [5.74, 6) is 0.770. The van der Waals surface area contributed by atoms with Gasteiger partial charge in [-0.25, -0.2) is 4.98 Å². The molecule has 2 saturated heterocycles. The minimum Gasteiger partial charge on any atom is -0.378 e. The summed E-state index contributed by atoms with van der Waals surface area (Å²) < 4.78 is 11.2. The molecule has 1 amide bonds. The number of benzene rings is 1. The zero-order valence-corrected chi connectivity index (χ0v) is 16.6. The molecule has 7 heteroatoms. The molecule has 0 bridgehead atoms. The Bertz CT molecular complexity index is 778. The molecule has 4 rings (SSSR count). The molecule has 154 valence electrons. The fourth-order valence-electron chi connectivity index (χ4n) is 3.70. The second-order valence-electron chi connectivity index (χ2n) is 7.43. The molecule has 2 aliphatic heterocycles. The largest absolute Gasteiger partial charge is 0.378 e. The molecule has 7 nitrogen and oxygen atoms in total. The molecular weight excluding hydrogens is 368 g/mol. The summed E-state index contributed by atoms with van der Waals surface area (Å²) in [5.41, 5.74) is 1.86. The van der Waals surface area contributed by atoms with Crippen LogP contribution in [0.25, 0.3) is 0 Å². The molecule has 0 aliphatic carbocycles. The first-order valence-corrected chi connectivity index (χ1v) is 10.2. The zero-order chi connectivity index (χ0) is 19.9. The fourth-order valence-corrected chi connectivity index (χ4v) is 3.70. The highest BCUT2D eigenvalue weighted by atomic mass is 16.5.